The Balaban J connectivity index is 6.60. The van der Waals surface area contributed by atoms with Crippen molar-refractivity contribution in [3.63, 3.8) is 0 Å². The van der Waals surface area contributed by atoms with Crippen molar-refractivity contribution in [1.29, 1.82) is 0 Å². The van der Waals surface area contributed by atoms with Gasteiger partial charge in [0.05, 0.1) is 43.3 Å². The molecule has 0 bridgehead atoms. The summed E-state index contributed by atoms with van der Waals surface area (Å²) in [4.78, 5) is 128. The summed E-state index contributed by atoms with van der Waals surface area (Å²) in [6.07, 6.45) is 3.08. The van der Waals surface area contributed by atoms with Gasteiger partial charge in [0, 0.05) is 52.2 Å². The fourth-order valence-electron chi connectivity index (χ4n) is 9.01. The number of nitrogens with two attached hydrogens (primary N) is 1. The molecule has 0 aromatic heterocycles. The van der Waals surface area contributed by atoms with Gasteiger partial charge in [0.15, 0.2) is 17.3 Å². The van der Waals surface area contributed by atoms with Gasteiger partial charge in [0.25, 0.3) is 0 Å². The average molecular weight is 1010 g/mol. The molecule has 5 N–H and O–H groups in total. The van der Waals surface area contributed by atoms with Crippen LogP contribution in [-0.4, -0.2) is 143 Å². The van der Waals surface area contributed by atoms with E-state index in [1.54, 1.807) is 41.7 Å². The van der Waals surface area contributed by atoms with Gasteiger partial charge in [-0.15, -0.1) is 0 Å². The van der Waals surface area contributed by atoms with Gasteiger partial charge in [0.2, 0.25) is 29.5 Å². The zero-order valence-electron chi connectivity index (χ0n) is 47.0. The number of hydrogen-bond donors (Lipinski definition) is 4. The molecule has 0 spiro atoms. The second-order valence-corrected chi connectivity index (χ2v) is 21.9. The van der Waals surface area contributed by atoms with Crippen LogP contribution in [0, 0.1) is 53.3 Å². The zero-order valence-corrected chi connectivity index (χ0v) is 47.0. The molecule has 0 rings (SSSR count). The zero-order chi connectivity index (χ0) is 55.4. The maximum Gasteiger partial charge on any atom is 0.328 e. The highest BCUT2D eigenvalue weighted by molar-refractivity contribution is 5.98. The second kappa shape index (κ2) is 31.8. The van der Waals surface area contributed by atoms with Crippen molar-refractivity contribution in [1.82, 2.24) is 25.3 Å². The van der Waals surface area contributed by atoms with Crippen molar-refractivity contribution in [2.45, 2.75) is 198 Å². The molecule has 0 fully saturated rings. The van der Waals surface area contributed by atoms with Crippen LogP contribution in [0.2, 0.25) is 0 Å². The van der Waals surface area contributed by atoms with E-state index in [2.05, 4.69) is 10.6 Å². The van der Waals surface area contributed by atoms with E-state index in [0.29, 0.717) is 12.8 Å². The first-order valence-corrected chi connectivity index (χ1v) is 25.9. The Labute approximate surface area is 426 Å². The van der Waals surface area contributed by atoms with Crippen LogP contribution in [0.25, 0.3) is 0 Å². The van der Waals surface area contributed by atoms with E-state index >= 15 is 0 Å². The van der Waals surface area contributed by atoms with Gasteiger partial charge < -0.3 is 40.9 Å². The van der Waals surface area contributed by atoms with Crippen molar-refractivity contribution in [2.24, 2.45) is 59.0 Å². The molecule has 17 nitrogen and oxygen atoms in total. The molecule has 0 radical (unpaired) electrons. The summed E-state index contributed by atoms with van der Waals surface area (Å²) in [7, 11) is 5.74. The minimum atomic E-state index is -1.28. The molecule has 0 saturated heterocycles. The highest BCUT2D eigenvalue weighted by Gasteiger charge is 2.41. The summed E-state index contributed by atoms with van der Waals surface area (Å²) in [5.74, 6) is -8.50. The first-order valence-electron chi connectivity index (χ1n) is 25.9. The van der Waals surface area contributed by atoms with Crippen molar-refractivity contribution in [3.05, 3.63) is 12.2 Å². The number of rotatable bonds is 33. The second-order valence-electron chi connectivity index (χ2n) is 21.9. The number of hydrogen-bond acceptors (Lipinski definition) is 12. The monoisotopic (exact) mass is 1000 g/mol. The Hall–Kier alpha value is -4.51. The van der Waals surface area contributed by atoms with E-state index in [1.807, 2.05) is 74.5 Å². The number of amides is 5. The van der Waals surface area contributed by atoms with Gasteiger partial charge in [-0.3, -0.25) is 38.4 Å². The van der Waals surface area contributed by atoms with Crippen molar-refractivity contribution in [3.8, 4) is 0 Å². The summed E-state index contributed by atoms with van der Waals surface area (Å²) in [6, 6.07) is -5.69. The van der Waals surface area contributed by atoms with Gasteiger partial charge in [-0.2, -0.15) is 0 Å². The molecule has 0 aliphatic carbocycles. The van der Waals surface area contributed by atoms with E-state index in [1.165, 1.54) is 42.8 Å². The first-order chi connectivity index (χ1) is 32.8. The summed E-state index contributed by atoms with van der Waals surface area (Å²) in [6.45, 7) is 27.1. The molecule has 0 aromatic rings. The highest BCUT2D eigenvalue weighted by atomic mass is 16.5. The standard InChI is InChI=1S/C54H96N6O11/c1-20-22-23-35(13)48(64)39(50(66)57-40(21-2)54(70)71-19)29-45(63)47(34(11)12)60(18)52(68)38(24-30(3)4)28-44(62)42(26-32(7)8)58(16)51(67)37(15)56-49(65)36(14)27-43(61)41(25-31(5)6)59(17)53(69)46(55)33(9)10/h20,22,30-42,46-48,64H,21,23-29,55H2,1-19H3,(H,56,65)(H,57,66)/b22-20+/t35-,36-,37-,38-,39+,40+,41-,42+,46+,47+,48-/m1/s1. The van der Waals surface area contributed by atoms with Gasteiger partial charge >= 0.3 is 5.97 Å². The largest absolute Gasteiger partial charge is 0.467 e. The Morgan fingerprint density at radius 2 is 1.11 bits per heavy atom. The van der Waals surface area contributed by atoms with E-state index in [4.69, 9.17) is 10.5 Å². The SMILES string of the molecule is C/C=C/C[C@@H](C)[C@@H](O)[C@H](CC(=O)[C@H](C(C)C)N(C)C(=O)[C@@H](CC(=O)[C@H](CC(C)C)N(C)C(=O)[C@@H](C)NC(=O)[C@H](C)CC(=O)[C@@H](CC(C)C)N(C)C(=O)[C@@H](N)C(C)C)CC(C)C)C(=O)N[C@@H](CC)C(=O)OC. The normalized spacial score (nSPS) is 16.6. The van der Waals surface area contributed by atoms with Crippen LogP contribution in [0.3, 0.4) is 0 Å². The van der Waals surface area contributed by atoms with E-state index in [-0.39, 0.29) is 73.2 Å². The number of allylic oxidation sites excluding steroid dienone is 2. The first kappa shape index (κ1) is 66.5. The molecule has 0 aromatic carbocycles. The number of methoxy groups -OCH3 is 1. The third kappa shape index (κ3) is 21.2. The molecule has 0 heterocycles. The summed E-state index contributed by atoms with van der Waals surface area (Å²) >= 11 is 0. The van der Waals surface area contributed by atoms with Crippen LogP contribution >= 0.6 is 0 Å². The molecule has 5 amide bonds. The lowest BCUT2D eigenvalue weighted by Crippen LogP contribution is -2.54. The van der Waals surface area contributed by atoms with Crippen LogP contribution < -0.4 is 16.4 Å². The van der Waals surface area contributed by atoms with E-state index < -0.39 is 114 Å². The van der Waals surface area contributed by atoms with Gasteiger partial charge in [-0.05, 0) is 81.5 Å². The number of aliphatic hydroxyl groups excluding tert-OH is 1. The molecular weight excluding hydrogens is 909 g/mol. The minimum absolute atomic E-state index is 0.0484. The molecule has 408 valence electrons. The maximum absolute atomic E-state index is 14.6. The fourth-order valence-corrected chi connectivity index (χ4v) is 9.01. The minimum Gasteiger partial charge on any atom is -0.467 e. The number of ketones is 3. The predicted molar refractivity (Wildman–Crippen MR) is 277 cm³/mol. The van der Waals surface area contributed by atoms with Crippen LogP contribution in [0.4, 0.5) is 0 Å². The van der Waals surface area contributed by atoms with Crippen LogP contribution in [0.15, 0.2) is 12.2 Å². The summed E-state index contributed by atoms with van der Waals surface area (Å²) in [5, 5.41) is 16.9. The number of carbonyl (C=O) groups excluding carboxylic acids is 9. The molecule has 0 aliphatic heterocycles. The number of Topliss-reactive ketones (excluding diaryl/α,β-unsaturated/α-hetero) is 3. The van der Waals surface area contributed by atoms with Gasteiger partial charge in [-0.25, -0.2) is 4.79 Å². The molecule has 17 heteroatoms. The number of ether oxygens (including phenoxy) is 1. The number of nitrogens with one attached hydrogen (secondary N) is 2. The molecule has 0 aliphatic rings. The Morgan fingerprint density at radius 1 is 0.620 bits per heavy atom. The number of aliphatic hydroxyl groups is 1. The molecule has 11 atom stereocenters. The number of carbonyl (C=O) groups is 9. The molecule has 71 heavy (non-hydrogen) atoms. The average Bonchev–Trinajstić information content (AvgIpc) is 3.29. The predicted octanol–water partition coefficient (Wildman–Crippen LogP) is 5.53. The van der Waals surface area contributed by atoms with Crippen LogP contribution in [0.5, 0.6) is 0 Å². The van der Waals surface area contributed by atoms with Crippen molar-refractivity contribution >= 4 is 52.9 Å². The lowest BCUT2D eigenvalue weighted by molar-refractivity contribution is -0.148. The number of nitrogens with zero attached hydrogens (tertiary/aromatic N) is 3. The lowest BCUT2D eigenvalue weighted by Gasteiger charge is -2.36. The third-order valence-corrected chi connectivity index (χ3v) is 13.4. The topological polar surface area (TPSA) is 243 Å². The van der Waals surface area contributed by atoms with Crippen LogP contribution in [-0.2, 0) is 47.9 Å². The third-order valence-electron chi connectivity index (χ3n) is 13.4. The highest BCUT2D eigenvalue weighted by Crippen LogP contribution is 2.28. The smallest absolute Gasteiger partial charge is 0.328 e. The fraction of sp³-hybridized carbons (Fsp3) is 0.796. The maximum atomic E-state index is 14.6. The lowest BCUT2D eigenvalue weighted by atomic mass is 9.82. The molecular formula is C54H96N6O11. The van der Waals surface area contributed by atoms with Gasteiger partial charge in [-0.1, -0.05) is 102 Å². The number of esters is 1. The quantitative estimate of drug-likeness (QED) is 0.0469. The summed E-state index contributed by atoms with van der Waals surface area (Å²) < 4.78 is 4.85. The van der Waals surface area contributed by atoms with E-state index in [9.17, 15) is 48.3 Å². The van der Waals surface area contributed by atoms with Gasteiger partial charge in [0.1, 0.15) is 12.1 Å². The summed E-state index contributed by atoms with van der Waals surface area (Å²) in [5.41, 5.74) is 6.14. The van der Waals surface area contributed by atoms with E-state index in [0.717, 1.165) is 0 Å². The Bertz CT molecular complexity index is 1800. The molecule has 0 saturated carbocycles. The van der Waals surface area contributed by atoms with Crippen LogP contribution in [0.1, 0.15) is 155 Å². The molecule has 0 unspecified atom stereocenters. The Morgan fingerprint density at radius 3 is 1.55 bits per heavy atom. The Kier molecular flexibility index (Phi) is 29.8. The number of likely N-dealkylation sites (N-methyl/N-ethyl adjacent to an activating group) is 3. The van der Waals surface area contributed by atoms with Crippen molar-refractivity contribution < 1.29 is 53.0 Å². The van der Waals surface area contributed by atoms with Crippen molar-refractivity contribution in [2.75, 3.05) is 28.3 Å².